The van der Waals surface area contributed by atoms with Crippen molar-refractivity contribution in [1.29, 1.82) is 0 Å². The van der Waals surface area contributed by atoms with Crippen LogP contribution in [0.2, 0.25) is 0 Å². The monoisotopic (exact) mass is 390 g/mol. The highest BCUT2D eigenvalue weighted by atomic mass is 16.5. The summed E-state index contributed by atoms with van der Waals surface area (Å²) in [5.41, 5.74) is 3.00. The van der Waals surface area contributed by atoms with Gasteiger partial charge in [-0.1, -0.05) is 30.3 Å². The lowest BCUT2D eigenvalue weighted by Gasteiger charge is -2.31. The Hall–Kier alpha value is -3.28. The fraction of sp³-hybridized carbons (Fsp3) is 0.304. The van der Waals surface area contributed by atoms with E-state index in [1.165, 1.54) is 5.56 Å². The van der Waals surface area contributed by atoms with Gasteiger partial charge in [-0.05, 0) is 55.5 Å². The third-order valence-corrected chi connectivity index (χ3v) is 5.31. The summed E-state index contributed by atoms with van der Waals surface area (Å²) in [6.07, 6.45) is 5.92. The van der Waals surface area contributed by atoms with Gasteiger partial charge in [-0.25, -0.2) is 9.48 Å². The van der Waals surface area contributed by atoms with Gasteiger partial charge in [0.15, 0.2) is 0 Å². The second-order valence-corrected chi connectivity index (χ2v) is 7.17. The van der Waals surface area contributed by atoms with Crippen LogP contribution in [-0.2, 0) is 0 Å². The number of nitrogens with zero attached hydrogens (tertiary/aromatic N) is 3. The molecule has 150 valence electrons. The zero-order valence-electron chi connectivity index (χ0n) is 16.6. The normalized spacial score (nSPS) is 14.6. The van der Waals surface area contributed by atoms with Gasteiger partial charge in [-0.15, -0.1) is 0 Å². The maximum Gasteiger partial charge on any atom is 0.321 e. The summed E-state index contributed by atoms with van der Waals surface area (Å²) < 4.78 is 7.51. The van der Waals surface area contributed by atoms with Gasteiger partial charge in [0.1, 0.15) is 5.75 Å². The fourth-order valence-electron chi connectivity index (χ4n) is 3.73. The number of benzene rings is 2. The molecule has 2 amide bonds. The Balaban J connectivity index is 1.35. The Morgan fingerprint density at radius 3 is 2.59 bits per heavy atom. The van der Waals surface area contributed by atoms with Crippen LogP contribution in [0, 0.1) is 0 Å². The van der Waals surface area contributed by atoms with Crippen LogP contribution in [0.3, 0.4) is 0 Å². The predicted octanol–water partition coefficient (Wildman–Crippen LogP) is 4.68. The molecule has 1 aliphatic heterocycles. The molecule has 1 aromatic heterocycles. The van der Waals surface area contributed by atoms with Crippen LogP contribution in [-0.4, -0.2) is 40.4 Å². The van der Waals surface area contributed by atoms with E-state index in [0.717, 1.165) is 31.6 Å². The van der Waals surface area contributed by atoms with Gasteiger partial charge < -0.3 is 15.0 Å². The number of urea groups is 1. The Morgan fingerprint density at radius 2 is 1.83 bits per heavy atom. The van der Waals surface area contributed by atoms with Crippen LogP contribution in [0.15, 0.2) is 67.0 Å². The Labute approximate surface area is 171 Å². The highest BCUT2D eigenvalue weighted by molar-refractivity contribution is 5.91. The lowest BCUT2D eigenvalue weighted by Crippen LogP contribution is -2.40. The zero-order chi connectivity index (χ0) is 20.1. The van der Waals surface area contributed by atoms with Crippen molar-refractivity contribution in [2.45, 2.75) is 25.7 Å². The van der Waals surface area contributed by atoms with Crippen molar-refractivity contribution in [3.05, 3.63) is 72.6 Å². The quantitative estimate of drug-likeness (QED) is 0.688. The lowest BCUT2D eigenvalue weighted by atomic mass is 9.92. The molecule has 0 spiro atoms. The number of hydrogen-bond donors (Lipinski definition) is 1. The number of ether oxygens (including phenoxy) is 1. The molecule has 6 nitrogen and oxygen atoms in total. The van der Waals surface area contributed by atoms with Crippen LogP contribution < -0.4 is 10.1 Å². The first-order valence-corrected chi connectivity index (χ1v) is 10.1. The zero-order valence-corrected chi connectivity index (χ0v) is 16.6. The number of carbonyl (C=O) groups excluding carboxylic acids is 1. The predicted molar refractivity (Wildman–Crippen MR) is 114 cm³/mol. The number of para-hydroxylation sites is 3. The van der Waals surface area contributed by atoms with E-state index in [2.05, 4.69) is 16.6 Å². The lowest BCUT2D eigenvalue weighted by molar-refractivity contribution is 0.194. The molecule has 1 aliphatic rings. The van der Waals surface area contributed by atoms with E-state index in [0.29, 0.717) is 24.0 Å². The summed E-state index contributed by atoms with van der Waals surface area (Å²) in [6.45, 7) is 3.95. The first-order chi connectivity index (χ1) is 14.2. The third kappa shape index (κ3) is 4.42. The van der Waals surface area contributed by atoms with Gasteiger partial charge in [0.2, 0.25) is 0 Å². The van der Waals surface area contributed by atoms with Gasteiger partial charge in [0.25, 0.3) is 0 Å². The van der Waals surface area contributed by atoms with Crippen LogP contribution >= 0.6 is 0 Å². The molecule has 3 aromatic rings. The van der Waals surface area contributed by atoms with Crippen molar-refractivity contribution in [2.24, 2.45) is 0 Å². The van der Waals surface area contributed by atoms with Gasteiger partial charge in [0, 0.05) is 19.3 Å². The molecule has 0 atom stereocenters. The highest BCUT2D eigenvalue weighted by Crippen LogP contribution is 2.29. The number of anilines is 1. The molecule has 0 bridgehead atoms. The molecule has 1 N–H and O–H groups in total. The average molecular weight is 390 g/mol. The Morgan fingerprint density at radius 1 is 1.10 bits per heavy atom. The maximum absolute atomic E-state index is 12.7. The van der Waals surface area contributed by atoms with Crippen molar-refractivity contribution in [2.75, 3.05) is 25.0 Å². The number of likely N-dealkylation sites (tertiary alicyclic amines) is 1. The minimum absolute atomic E-state index is 0.0735. The topological polar surface area (TPSA) is 59.4 Å². The van der Waals surface area contributed by atoms with Crippen molar-refractivity contribution >= 4 is 11.7 Å². The molecule has 6 heteroatoms. The van der Waals surface area contributed by atoms with Gasteiger partial charge in [0.05, 0.1) is 24.2 Å². The van der Waals surface area contributed by atoms with Crippen LogP contribution in [0.25, 0.3) is 5.69 Å². The second-order valence-electron chi connectivity index (χ2n) is 7.17. The fourth-order valence-corrected chi connectivity index (χ4v) is 3.73. The maximum atomic E-state index is 12.7. The summed E-state index contributed by atoms with van der Waals surface area (Å²) in [4.78, 5) is 14.6. The number of nitrogens with one attached hydrogen (secondary N) is 1. The van der Waals surface area contributed by atoms with Gasteiger partial charge in [-0.3, -0.25) is 0 Å². The Kier molecular flexibility index (Phi) is 5.79. The summed E-state index contributed by atoms with van der Waals surface area (Å²) >= 11 is 0. The van der Waals surface area contributed by atoms with Gasteiger partial charge >= 0.3 is 6.03 Å². The SMILES string of the molecule is CCOc1ccccc1NC(=O)N1CCC(c2cnn(-c3ccccc3)c2)CC1. The number of piperidine rings is 1. The summed E-state index contributed by atoms with van der Waals surface area (Å²) in [7, 11) is 0. The third-order valence-electron chi connectivity index (χ3n) is 5.31. The van der Waals surface area contributed by atoms with E-state index in [-0.39, 0.29) is 6.03 Å². The molecule has 4 rings (SSSR count). The number of rotatable bonds is 5. The van der Waals surface area contributed by atoms with Crippen molar-refractivity contribution in [3.63, 3.8) is 0 Å². The summed E-state index contributed by atoms with van der Waals surface area (Å²) in [5, 5.41) is 7.50. The van der Waals surface area contributed by atoms with Gasteiger partial charge in [-0.2, -0.15) is 5.10 Å². The molecule has 2 aromatic carbocycles. The molecule has 29 heavy (non-hydrogen) atoms. The smallest absolute Gasteiger partial charge is 0.321 e. The molecular weight excluding hydrogens is 364 g/mol. The number of amides is 2. The molecule has 1 saturated heterocycles. The average Bonchev–Trinajstić information content (AvgIpc) is 3.26. The second kappa shape index (κ2) is 8.82. The highest BCUT2D eigenvalue weighted by Gasteiger charge is 2.25. The first kappa shape index (κ1) is 19.1. The van der Waals surface area contributed by atoms with Crippen molar-refractivity contribution < 1.29 is 9.53 Å². The van der Waals surface area contributed by atoms with E-state index < -0.39 is 0 Å². The number of hydrogen-bond acceptors (Lipinski definition) is 3. The molecule has 0 saturated carbocycles. The molecular formula is C23H26N4O2. The number of aromatic nitrogens is 2. The molecule has 1 fully saturated rings. The minimum atomic E-state index is -0.0735. The van der Waals surface area contributed by atoms with Crippen LogP contribution in [0.5, 0.6) is 5.75 Å². The van der Waals surface area contributed by atoms with E-state index in [1.54, 1.807) is 0 Å². The molecule has 0 unspecified atom stereocenters. The summed E-state index contributed by atoms with van der Waals surface area (Å²) in [5.74, 6) is 1.12. The van der Waals surface area contributed by atoms with E-state index in [9.17, 15) is 4.79 Å². The Bertz CT molecular complexity index is 946. The standard InChI is InChI=1S/C23H26N4O2/c1-2-29-22-11-7-6-10-21(22)25-23(28)26-14-12-18(13-15-26)19-16-24-27(17-19)20-8-4-3-5-9-20/h3-11,16-18H,2,12-15H2,1H3,(H,25,28). The van der Waals surface area contributed by atoms with Crippen LogP contribution in [0.4, 0.5) is 10.5 Å². The first-order valence-electron chi connectivity index (χ1n) is 10.1. The molecule has 0 radical (unpaired) electrons. The minimum Gasteiger partial charge on any atom is -0.492 e. The number of carbonyl (C=O) groups is 1. The molecule has 2 heterocycles. The largest absolute Gasteiger partial charge is 0.492 e. The van der Waals surface area contributed by atoms with E-state index >= 15 is 0 Å². The van der Waals surface area contributed by atoms with E-state index in [1.807, 2.05) is 77.3 Å². The van der Waals surface area contributed by atoms with Crippen molar-refractivity contribution in [1.82, 2.24) is 14.7 Å². The molecule has 0 aliphatic carbocycles. The van der Waals surface area contributed by atoms with Crippen LogP contribution in [0.1, 0.15) is 31.2 Å². The summed E-state index contributed by atoms with van der Waals surface area (Å²) in [6, 6.07) is 17.6. The van der Waals surface area contributed by atoms with E-state index in [4.69, 9.17) is 4.74 Å². The van der Waals surface area contributed by atoms with Crippen molar-refractivity contribution in [3.8, 4) is 11.4 Å².